The number of amides is 5. The van der Waals surface area contributed by atoms with Crippen LogP contribution in [0, 0.1) is 5.82 Å². The minimum absolute atomic E-state index is 0.0355. The zero-order chi connectivity index (χ0) is 36.6. The summed E-state index contributed by atoms with van der Waals surface area (Å²) in [6, 6.07) is 11.3. The van der Waals surface area contributed by atoms with Crippen LogP contribution in [-0.2, 0) is 30.4 Å². The Kier molecular flexibility index (Phi) is 12.4. The van der Waals surface area contributed by atoms with E-state index in [1.54, 1.807) is 69.1 Å². The lowest BCUT2D eigenvalue weighted by Crippen LogP contribution is -2.49. The Morgan fingerprint density at radius 1 is 0.980 bits per heavy atom. The van der Waals surface area contributed by atoms with Crippen LogP contribution in [0.1, 0.15) is 56.5 Å². The number of Topliss-reactive ketones (excluding diaryl/α,β-unsaturated/α-hetero) is 1. The molecule has 2 heterocycles. The molecule has 2 aliphatic heterocycles. The van der Waals surface area contributed by atoms with Gasteiger partial charge in [-0.15, -0.1) is 0 Å². The normalized spacial score (nSPS) is 16.1. The largest absolute Gasteiger partial charge is 0.444 e. The third-order valence-electron chi connectivity index (χ3n) is 8.14. The van der Waals surface area contributed by atoms with Gasteiger partial charge in [0.25, 0.3) is 0 Å². The van der Waals surface area contributed by atoms with Gasteiger partial charge in [-0.25, -0.2) is 14.0 Å². The van der Waals surface area contributed by atoms with Gasteiger partial charge in [-0.1, -0.05) is 24.3 Å². The van der Waals surface area contributed by atoms with Crippen LogP contribution in [0.15, 0.2) is 42.5 Å². The molecule has 0 unspecified atom stereocenters. The predicted molar refractivity (Wildman–Crippen MR) is 182 cm³/mol. The van der Waals surface area contributed by atoms with Crippen LogP contribution in [0.4, 0.5) is 25.4 Å². The fourth-order valence-electron chi connectivity index (χ4n) is 5.49. The second-order valence-corrected chi connectivity index (χ2v) is 13.3. The number of carbonyl (C=O) groups is 6. The van der Waals surface area contributed by atoms with Crippen molar-refractivity contribution in [3.63, 3.8) is 0 Å². The summed E-state index contributed by atoms with van der Waals surface area (Å²) in [6.07, 6.45) is -1.74. The lowest BCUT2D eigenvalue weighted by atomic mass is 10.0. The lowest BCUT2D eigenvalue weighted by Gasteiger charge is -2.36. The maximum absolute atomic E-state index is 15.2. The van der Waals surface area contributed by atoms with E-state index < -0.39 is 29.7 Å². The van der Waals surface area contributed by atoms with Gasteiger partial charge in [-0.3, -0.25) is 24.1 Å². The molecule has 0 bridgehead atoms. The smallest absolute Gasteiger partial charge is 0.414 e. The highest BCUT2D eigenvalue weighted by atomic mass is 19.1. The van der Waals surface area contributed by atoms with Gasteiger partial charge >= 0.3 is 12.2 Å². The van der Waals surface area contributed by atoms with Gasteiger partial charge in [0.15, 0.2) is 5.78 Å². The third kappa shape index (κ3) is 10.6. The van der Waals surface area contributed by atoms with Crippen LogP contribution in [0.3, 0.4) is 0 Å². The topological polar surface area (TPSA) is 158 Å². The molecular weight excluding hydrogens is 651 g/mol. The van der Waals surface area contributed by atoms with E-state index in [1.165, 1.54) is 22.8 Å². The van der Waals surface area contributed by atoms with E-state index in [1.807, 2.05) is 4.90 Å². The Labute approximate surface area is 290 Å². The van der Waals surface area contributed by atoms with Crippen molar-refractivity contribution in [3.05, 3.63) is 59.4 Å². The molecule has 15 heteroatoms. The molecule has 5 amide bonds. The van der Waals surface area contributed by atoms with Crippen molar-refractivity contribution in [3.8, 4) is 0 Å². The molecular formula is C35H45FN6O8. The minimum Gasteiger partial charge on any atom is -0.444 e. The Hall–Kier alpha value is -5.21. The molecule has 0 aliphatic carbocycles. The summed E-state index contributed by atoms with van der Waals surface area (Å²) in [4.78, 5) is 79.7. The van der Waals surface area contributed by atoms with E-state index in [9.17, 15) is 28.8 Å². The van der Waals surface area contributed by atoms with E-state index in [-0.39, 0.29) is 62.5 Å². The number of alkyl carbamates (subject to hydrolysis) is 1. The first-order valence-electron chi connectivity index (χ1n) is 16.5. The van der Waals surface area contributed by atoms with Crippen molar-refractivity contribution >= 4 is 47.1 Å². The van der Waals surface area contributed by atoms with Crippen LogP contribution in [0.25, 0.3) is 0 Å². The number of hydrogen-bond acceptors (Lipinski definition) is 9. The SMILES string of the molecule is CC(=O)NC[C@H]1CN(c2ccc(N3CCN(C(=O)CCC(=O)c4ccc(CN(C)C(=O)CNC(=O)OC(C)(C)C)cc4)CC3)c(F)c2)C(=O)O1. The molecule has 2 N–H and O–H groups in total. The molecule has 2 saturated heterocycles. The number of nitrogens with one attached hydrogen (secondary N) is 2. The van der Waals surface area contributed by atoms with Gasteiger partial charge in [-0.2, -0.15) is 0 Å². The summed E-state index contributed by atoms with van der Waals surface area (Å²) in [5, 5.41) is 5.04. The summed E-state index contributed by atoms with van der Waals surface area (Å²) in [7, 11) is 1.61. The molecule has 2 aliphatic rings. The molecule has 14 nitrogen and oxygen atoms in total. The van der Waals surface area contributed by atoms with Crippen LogP contribution in [-0.4, -0.2) is 110 Å². The Morgan fingerprint density at radius 2 is 1.66 bits per heavy atom. The average molecular weight is 697 g/mol. The van der Waals surface area contributed by atoms with Crippen LogP contribution in [0.2, 0.25) is 0 Å². The van der Waals surface area contributed by atoms with E-state index >= 15 is 4.39 Å². The fraction of sp³-hybridized carbons (Fsp3) is 0.486. The molecule has 0 saturated carbocycles. The molecule has 2 aromatic carbocycles. The van der Waals surface area contributed by atoms with Crippen LogP contribution >= 0.6 is 0 Å². The number of ether oxygens (including phenoxy) is 2. The zero-order valence-corrected chi connectivity index (χ0v) is 29.1. The van der Waals surface area contributed by atoms with Gasteiger partial charge in [0.05, 0.1) is 24.5 Å². The van der Waals surface area contributed by atoms with E-state index in [0.717, 1.165) is 5.56 Å². The summed E-state index contributed by atoms with van der Waals surface area (Å²) >= 11 is 0. The number of halogens is 1. The van der Waals surface area contributed by atoms with Crippen molar-refractivity contribution in [2.24, 2.45) is 0 Å². The quantitative estimate of drug-likeness (QED) is 0.318. The van der Waals surface area contributed by atoms with Crippen LogP contribution < -0.4 is 20.4 Å². The summed E-state index contributed by atoms with van der Waals surface area (Å²) in [5.41, 5.74) is 1.28. The van der Waals surface area contributed by atoms with Gasteiger partial charge in [0.1, 0.15) is 24.1 Å². The first kappa shape index (κ1) is 37.6. The first-order valence-corrected chi connectivity index (χ1v) is 16.5. The molecule has 2 fully saturated rings. The number of benzene rings is 2. The second kappa shape index (κ2) is 16.5. The maximum Gasteiger partial charge on any atom is 0.414 e. The molecule has 50 heavy (non-hydrogen) atoms. The third-order valence-corrected chi connectivity index (χ3v) is 8.14. The fourth-order valence-corrected chi connectivity index (χ4v) is 5.49. The monoisotopic (exact) mass is 696 g/mol. The highest BCUT2D eigenvalue weighted by Crippen LogP contribution is 2.28. The molecule has 0 spiro atoms. The number of nitrogens with zero attached hydrogens (tertiary/aromatic N) is 4. The van der Waals surface area contributed by atoms with Gasteiger partial charge in [0, 0.05) is 65.1 Å². The van der Waals surface area contributed by atoms with E-state index in [4.69, 9.17) is 9.47 Å². The Bertz CT molecular complexity index is 1590. The summed E-state index contributed by atoms with van der Waals surface area (Å²) < 4.78 is 25.6. The highest BCUT2D eigenvalue weighted by molar-refractivity contribution is 5.98. The standard InChI is InChI=1S/C35H45FN6O8/c1-23(43)37-19-27-22-42(34(48)49-27)26-10-11-29(28(36)18-26)40-14-16-41(17-15-40)31(45)13-12-30(44)25-8-6-24(7-9-25)21-39(5)32(46)20-38-33(47)50-35(2,3)4/h6-11,18,27H,12-17,19-22H2,1-5H3,(H,37,43)(H,38,47)/t27-/m0/s1. The molecule has 0 radical (unpaired) electrons. The highest BCUT2D eigenvalue weighted by Gasteiger charge is 2.33. The summed E-state index contributed by atoms with van der Waals surface area (Å²) in [6.45, 7) is 8.51. The molecule has 1 atom stereocenters. The number of ketones is 1. The van der Waals surface area contributed by atoms with Crippen LogP contribution in [0.5, 0.6) is 0 Å². The van der Waals surface area contributed by atoms with Crippen molar-refractivity contribution < 1.29 is 42.6 Å². The predicted octanol–water partition coefficient (Wildman–Crippen LogP) is 3.08. The van der Waals surface area contributed by atoms with E-state index in [2.05, 4.69) is 10.6 Å². The number of carbonyl (C=O) groups excluding carboxylic acids is 6. The van der Waals surface area contributed by atoms with Gasteiger partial charge < -0.3 is 34.8 Å². The number of rotatable bonds is 12. The molecule has 2 aromatic rings. The van der Waals surface area contributed by atoms with Crippen molar-refractivity contribution in [1.82, 2.24) is 20.4 Å². The minimum atomic E-state index is -0.675. The van der Waals surface area contributed by atoms with E-state index in [0.29, 0.717) is 43.1 Å². The number of hydrogen-bond donors (Lipinski definition) is 2. The maximum atomic E-state index is 15.2. The number of likely N-dealkylation sites (N-methyl/N-ethyl adjacent to an activating group) is 1. The number of piperazine rings is 1. The Balaban J connectivity index is 1.19. The first-order chi connectivity index (χ1) is 23.6. The lowest BCUT2D eigenvalue weighted by molar-refractivity contribution is -0.131. The molecule has 270 valence electrons. The van der Waals surface area contributed by atoms with Gasteiger partial charge in [0.2, 0.25) is 17.7 Å². The number of anilines is 2. The summed E-state index contributed by atoms with van der Waals surface area (Å²) in [5.74, 6) is -1.39. The second-order valence-electron chi connectivity index (χ2n) is 13.3. The van der Waals surface area contributed by atoms with Gasteiger partial charge in [-0.05, 0) is 44.5 Å². The van der Waals surface area contributed by atoms with Crippen molar-refractivity contribution in [1.29, 1.82) is 0 Å². The Morgan fingerprint density at radius 3 is 2.28 bits per heavy atom. The van der Waals surface area contributed by atoms with Crippen molar-refractivity contribution in [2.75, 3.05) is 62.7 Å². The van der Waals surface area contributed by atoms with Crippen molar-refractivity contribution in [2.45, 2.75) is 58.8 Å². The zero-order valence-electron chi connectivity index (χ0n) is 29.1. The molecule has 4 rings (SSSR count). The molecule has 0 aromatic heterocycles. The average Bonchev–Trinajstić information content (AvgIpc) is 3.44. The number of cyclic esters (lactones) is 1.